The average molecular weight is 1080 g/mol. The summed E-state index contributed by atoms with van der Waals surface area (Å²) in [5.74, 6) is -138. The van der Waals surface area contributed by atoms with E-state index in [2.05, 4.69) is 4.74 Å². The van der Waals surface area contributed by atoms with Crippen molar-refractivity contribution in [1.82, 2.24) is 0 Å². The Labute approximate surface area is 353 Å². The molecule has 67 heavy (non-hydrogen) atoms. The summed E-state index contributed by atoms with van der Waals surface area (Å²) in [5.41, 5.74) is 0. The Kier molecular flexibility index (Phi) is 17.7. The second-order valence-electron chi connectivity index (χ2n) is 16.1. The maximum absolute atomic E-state index is 15.5. The maximum Gasteiger partial charge on any atom is 0.460 e. The Morgan fingerprint density at radius 3 is 0.582 bits per heavy atom. The molecule has 1 nitrogen and oxygen atoms in total. The minimum atomic E-state index is -9.15. The third-order valence-corrected chi connectivity index (χ3v) is 10.1. The molecule has 0 saturated carbocycles. The molecule has 35 heteroatoms. The summed E-state index contributed by atoms with van der Waals surface area (Å²) >= 11 is 0. The molecule has 0 rings (SSSR count). The van der Waals surface area contributed by atoms with Crippen molar-refractivity contribution in [3.05, 3.63) is 0 Å². The van der Waals surface area contributed by atoms with Crippen LogP contribution in [0, 0.1) is 35.5 Å². The standard InChI is InChI=1S/C32H32F34O/c1-11(2)7-13(5)15(17(33,34)19(37,38)21(41,42)23(45,46)25(49,50)27(53,54)29(57,58)31(61,62)63)9-67-10-16(14(6)8-12(3)4)18(35,36)20(39,40)22(43,44)24(47,48)26(51,52)28(55,56)30(59,60)32(64,65)66/h11-16H,7-10H2,1-6H3. The van der Waals surface area contributed by atoms with Crippen molar-refractivity contribution in [3.63, 3.8) is 0 Å². The van der Waals surface area contributed by atoms with Crippen LogP contribution in [-0.2, 0) is 4.74 Å². The van der Waals surface area contributed by atoms with Crippen LogP contribution in [-0.4, -0.2) is 108 Å². The molecule has 0 aromatic rings. The molecule has 404 valence electrons. The second-order valence-corrected chi connectivity index (χ2v) is 16.1. The summed E-state index contributed by atoms with van der Waals surface area (Å²) in [6, 6.07) is 0. The quantitative estimate of drug-likeness (QED) is 0.0876. The zero-order valence-electron chi connectivity index (χ0n) is 33.6. The molecule has 0 aliphatic rings. The molecule has 0 N–H and O–H groups in total. The van der Waals surface area contributed by atoms with Gasteiger partial charge in [-0.15, -0.1) is 0 Å². The van der Waals surface area contributed by atoms with Crippen LogP contribution < -0.4 is 0 Å². The van der Waals surface area contributed by atoms with Gasteiger partial charge < -0.3 is 4.74 Å². The van der Waals surface area contributed by atoms with E-state index in [-0.39, 0.29) is 13.8 Å². The first kappa shape index (κ1) is 64.6. The lowest BCUT2D eigenvalue weighted by Gasteiger charge is -2.45. The molecule has 0 heterocycles. The number of alkyl halides is 34. The zero-order valence-corrected chi connectivity index (χ0v) is 33.6. The monoisotopic (exact) mass is 1080 g/mol. The van der Waals surface area contributed by atoms with Gasteiger partial charge in [-0.25, -0.2) is 0 Å². The Balaban J connectivity index is 7.78. The highest BCUT2D eigenvalue weighted by Gasteiger charge is 2.97. The molecule has 0 saturated heterocycles. The van der Waals surface area contributed by atoms with Crippen LogP contribution in [0.25, 0.3) is 0 Å². The molecule has 0 aromatic heterocycles. The first-order chi connectivity index (χ1) is 28.7. The van der Waals surface area contributed by atoms with Crippen molar-refractivity contribution in [2.75, 3.05) is 13.2 Å². The molecule has 0 fully saturated rings. The minimum absolute atomic E-state index is 0.115. The summed E-state index contributed by atoms with van der Waals surface area (Å²) < 4.78 is 480. The van der Waals surface area contributed by atoms with Gasteiger partial charge in [0.15, 0.2) is 0 Å². The molecule has 4 unspecified atom stereocenters. The van der Waals surface area contributed by atoms with Gasteiger partial charge in [-0.1, -0.05) is 41.5 Å². The number of ether oxygens (including phenoxy) is 1. The number of hydrogen-bond acceptors (Lipinski definition) is 1. The van der Waals surface area contributed by atoms with Crippen molar-refractivity contribution in [3.8, 4) is 0 Å². The molecular weight excluding hydrogens is 1050 g/mol. The van der Waals surface area contributed by atoms with Crippen LogP contribution in [0.2, 0.25) is 0 Å². The van der Waals surface area contributed by atoms with Gasteiger partial charge in [-0.3, -0.25) is 0 Å². The highest BCUT2D eigenvalue weighted by atomic mass is 19.4. The van der Waals surface area contributed by atoms with Gasteiger partial charge in [-0.05, 0) is 36.5 Å². The summed E-state index contributed by atoms with van der Waals surface area (Å²) in [5, 5.41) is 0. The molecule has 0 bridgehead atoms. The van der Waals surface area contributed by atoms with E-state index in [4.69, 9.17) is 0 Å². The summed E-state index contributed by atoms with van der Waals surface area (Å²) in [6.45, 7) is -2.19. The van der Waals surface area contributed by atoms with E-state index >= 15 is 35.1 Å². The van der Waals surface area contributed by atoms with Crippen LogP contribution in [0.15, 0.2) is 0 Å². The summed E-state index contributed by atoms with van der Waals surface area (Å²) in [7, 11) is 0. The average Bonchev–Trinajstić information content (AvgIpc) is 3.08. The predicted molar refractivity (Wildman–Crippen MR) is 156 cm³/mol. The first-order valence-corrected chi connectivity index (χ1v) is 17.7. The van der Waals surface area contributed by atoms with E-state index < -0.39 is 157 Å². The van der Waals surface area contributed by atoms with E-state index in [9.17, 15) is 114 Å². The van der Waals surface area contributed by atoms with Gasteiger partial charge in [-0.2, -0.15) is 149 Å². The fraction of sp³-hybridized carbons (Fsp3) is 1.00. The van der Waals surface area contributed by atoms with Crippen LogP contribution in [0.4, 0.5) is 149 Å². The Hall–Kier alpha value is -2.42. The molecule has 0 aliphatic carbocycles. The number of rotatable bonds is 24. The lowest BCUT2D eigenvalue weighted by molar-refractivity contribution is -0.464. The van der Waals surface area contributed by atoms with E-state index in [0.717, 1.165) is 27.7 Å². The summed E-state index contributed by atoms with van der Waals surface area (Å²) in [6.07, 6.45) is -18.7. The third-order valence-electron chi connectivity index (χ3n) is 10.1. The normalized spacial score (nSPS) is 18.2. The summed E-state index contributed by atoms with van der Waals surface area (Å²) in [4.78, 5) is 0. The highest BCUT2D eigenvalue weighted by Crippen LogP contribution is 2.67. The van der Waals surface area contributed by atoms with Crippen LogP contribution in [0.5, 0.6) is 0 Å². The van der Waals surface area contributed by atoms with Crippen molar-refractivity contribution in [2.45, 2.75) is 150 Å². The van der Waals surface area contributed by atoms with E-state index in [1.54, 1.807) is 0 Å². The molecule has 0 amide bonds. The van der Waals surface area contributed by atoms with E-state index in [0.29, 0.717) is 0 Å². The molecule has 0 aliphatic heterocycles. The Morgan fingerprint density at radius 1 is 0.254 bits per heavy atom. The van der Waals surface area contributed by atoms with Crippen molar-refractivity contribution in [1.29, 1.82) is 0 Å². The Morgan fingerprint density at radius 2 is 0.418 bits per heavy atom. The van der Waals surface area contributed by atoms with Crippen molar-refractivity contribution in [2.24, 2.45) is 35.5 Å². The van der Waals surface area contributed by atoms with Gasteiger partial charge in [0.25, 0.3) is 0 Å². The fourth-order valence-electron chi connectivity index (χ4n) is 6.21. The first-order valence-electron chi connectivity index (χ1n) is 17.7. The van der Waals surface area contributed by atoms with E-state index in [1.807, 2.05) is 0 Å². The van der Waals surface area contributed by atoms with Gasteiger partial charge in [0.1, 0.15) is 0 Å². The zero-order chi connectivity index (χ0) is 55.0. The maximum atomic E-state index is 15.5. The van der Waals surface area contributed by atoms with Gasteiger partial charge in [0, 0.05) is 0 Å². The lowest BCUT2D eigenvalue weighted by Crippen LogP contribution is -2.75. The highest BCUT2D eigenvalue weighted by molar-refractivity contribution is 5.17. The largest absolute Gasteiger partial charge is 0.460 e. The minimum Gasteiger partial charge on any atom is -0.380 e. The Bertz CT molecular complexity index is 1520. The number of halogens is 34. The SMILES string of the molecule is CC(C)CC(C)C(COCC(C(C)CC(C)C)C(F)(F)C(F)(F)C(F)(F)C(F)(F)C(F)(F)C(F)(F)C(F)(F)C(F)(F)F)C(F)(F)C(F)(F)C(F)(F)C(F)(F)C(F)(F)C(F)(F)C(F)(F)C(F)(F)F. The number of hydrogen-bond donors (Lipinski definition) is 0. The van der Waals surface area contributed by atoms with Crippen LogP contribution in [0.3, 0.4) is 0 Å². The van der Waals surface area contributed by atoms with Gasteiger partial charge >= 0.3 is 95.3 Å². The lowest BCUT2D eigenvalue weighted by atomic mass is 9.77. The van der Waals surface area contributed by atoms with Gasteiger partial charge in [0.2, 0.25) is 0 Å². The molecule has 0 spiro atoms. The second kappa shape index (κ2) is 18.3. The smallest absolute Gasteiger partial charge is 0.380 e. The van der Waals surface area contributed by atoms with Gasteiger partial charge in [0.05, 0.1) is 25.0 Å². The molecule has 4 atom stereocenters. The van der Waals surface area contributed by atoms with Crippen LogP contribution >= 0.6 is 0 Å². The van der Waals surface area contributed by atoms with Crippen molar-refractivity contribution >= 4 is 0 Å². The van der Waals surface area contributed by atoms with Crippen LogP contribution in [0.1, 0.15) is 54.4 Å². The predicted octanol–water partition coefficient (Wildman–Crippen LogP) is 15.6. The molecule has 0 aromatic carbocycles. The van der Waals surface area contributed by atoms with E-state index in [1.165, 1.54) is 0 Å². The molecule has 0 radical (unpaired) electrons. The van der Waals surface area contributed by atoms with Crippen molar-refractivity contribution < 1.29 is 154 Å². The fourth-order valence-corrected chi connectivity index (χ4v) is 6.21. The topological polar surface area (TPSA) is 9.23 Å². The third kappa shape index (κ3) is 9.71. The molecular formula is C32H32F34O.